The molecule has 0 unspecified atom stereocenters. The maximum absolute atomic E-state index is 9.04. The van der Waals surface area contributed by atoms with Crippen LogP contribution in [0, 0.1) is 11.3 Å². The molecule has 2 N–H and O–H groups in total. The van der Waals surface area contributed by atoms with Gasteiger partial charge in [0.05, 0.1) is 11.6 Å². The van der Waals surface area contributed by atoms with Crippen molar-refractivity contribution in [1.82, 2.24) is 0 Å². The molecule has 0 atom stereocenters. The van der Waals surface area contributed by atoms with Gasteiger partial charge in [-0.1, -0.05) is 0 Å². The predicted octanol–water partition coefficient (Wildman–Crippen LogP) is 0.453. The van der Waals surface area contributed by atoms with E-state index in [1.54, 1.807) is 12.1 Å². The summed E-state index contributed by atoms with van der Waals surface area (Å²) in [6.45, 7) is 0. The first-order valence-electron chi connectivity index (χ1n) is 4.00. The van der Waals surface area contributed by atoms with Crippen molar-refractivity contribution < 1.29 is 10.0 Å². The Hall–Kier alpha value is -1.35. The van der Waals surface area contributed by atoms with E-state index in [-0.39, 0.29) is 5.46 Å². The lowest BCUT2D eigenvalue weighted by molar-refractivity contribution is 0.425. The largest absolute Gasteiger partial charge is 0.489 e. The fourth-order valence-corrected chi connectivity index (χ4v) is 2.15. The molecular formula is C9H6BNO2S. The lowest BCUT2D eigenvalue weighted by Gasteiger charge is -2.01. The fourth-order valence-electron chi connectivity index (χ4n) is 1.34. The lowest BCUT2D eigenvalue weighted by Crippen LogP contribution is -2.32. The quantitative estimate of drug-likeness (QED) is 0.661. The van der Waals surface area contributed by atoms with Gasteiger partial charge in [0.1, 0.15) is 0 Å². The summed E-state index contributed by atoms with van der Waals surface area (Å²) in [7, 11) is -1.59. The highest BCUT2D eigenvalue weighted by molar-refractivity contribution is 7.17. The molecule has 68 valence electrons. The second-order valence-corrected chi connectivity index (χ2v) is 3.83. The number of fused-ring (bicyclic) bond motifs is 1. The molecule has 0 saturated carbocycles. The molecule has 0 amide bonds. The molecule has 14 heavy (non-hydrogen) atoms. The summed E-state index contributed by atoms with van der Waals surface area (Å²) in [5.74, 6) is 0. The van der Waals surface area contributed by atoms with Gasteiger partial charge in [-0.3, -0.25) is 0 Å². The third kappa shape index (κ3) is 1.40. The van der Waals surface area contributed by atoms with Crippen molar-refractivity contribution in [2.24, 2.45) is 0 Å². The second-order valence-electron chi connectivity index (χ2n) is 2.88. The number of nitrogens with zero attached hydrogens (tertiary/aromatic N) is 1. The van der Waals surface area contributed by atoms with Crippen molar-refractivity contribution in [1.29, 1.82) is 5.26 Å². The number of thiophene rings is 1. The topological polar surface area (TPSA) is 64.2 Å². The first-order valence-corrected chi connectivity index (χ1v) is 4.87. The zero-order valence-electron chi connectivity index (χ0n) is 7.14. The highest BCUT2D eigenvalue weighted by atomic mass is 32.1. The molecule has 0 fully saturated rings. The van der Waals surface area contributed by atoms with Crippen LogP contribution in [-0.2, 0) is 0 Å². The van der Waals surface area contributed by atoms with E-state index < -0.39 is 7.12 Å². The van der Waals surface area contributed by atoms with Gasteiger partial charge < -0.3 is 10.0 Å². The summed E-state index contributed by atoms with van der Waals surface area (Å²) in [6, 6.07) is 7.15. The summed E-state index contributed by atoms with van der Waals surface area (Å²) in [5, 5.41) is 29.7. The Morgan fingerprint density at radius 2 is 2.14 bits per heavy atom. The van der Waals surface area contributed by atoms with Crippen LogP contribution < -0.4 is 5.46 Å². The highest BCUT2D eigenvalue weighted by Gasteiger charge is 2.16. The number of nitriles is 1. The summed E-state index contributed by atoms with van der Waals surface area (Å²) >= 11 is 1.51. The molecule has 0 aliphatic rings. The molecular weight excluding hydrogens is 197 g/mol. The zero-order chi connectivity index (χ0) is 10.1. The van der Waals surface area contributed by atoms with Crippen molar-refractivity contribution >= 4 is 34.0 Å². The van der Waals surface area contributed by atoms with E-state index in [0.717, 1.165) is 10.1 Å². The monoisotopic (exact) mass is 203 g/mol. The zero-order valence-corrected chi connectivity index (χ0v) is 7.95. The van der Waals surface area contributed by atoms with Crippen LogP contribution in [-0.4, -0.2) is 17.2 Å². The van der Waals surface area contributed by atoms with E-state index in [0.29, 0.717) is 5.56 Å². The fraction of sp³-hybridized carbons (Fsp3) is 0. The number of hydrogen-bond donors (Lipinski definition) is 2. The van der Waals surface area contributed by atoms with Gasteiger partial charge in [-0.25, -0.2) is 0 Å². The van der Waals surface area contributed by atoms with E-state index in [1.165, 1.54) is 11.3 Å². The van der Waals surface area contributed by atoms with Crippen LogP contribution in [0.2, 0.25) is 0 Å². The minimum atomic E-state index is -1.59. The Balaban J connectivity index is 2.74. The molecule has 0 saturated heterocycles. The van der Waals surface area contributed by atoms with Crippen LogP contribution in [0.4, 0.5) is 0 Å². The van der Waals surface area contributed by atoms with E-state index in [9.17, 15) is 0 Å². The number of hydrogen-bond acceptors (Lipinski definition) is 4. The molecule has 2 aromatic rings. The van der Waals surface area contributed by atoms with Crippen LogP contribution in [0.5, 0.6) is 0 Å². The van der Waals surface area contributed by atoms with Gasteiger partial charge in [0.2, 0.25) is 0 Å². The Morgan fingerprint density at radius 1 is 1.36 bits per heavy atom. The van der Waals surface area contributed by atoms with Crippen molar-refractivity contribution in [2.75, 3.05) is 0 Å². The van der Waals surface area contributed by atoms with Crippen LogP contribution in [0.3, 0.4) is 0 Å². The first kappa shape index (κ1) is 9.22. The molecule has 1 heterocycles. The molecule has 5 heteroatoms. The number of benzene rings is 1. The highest BCUT2D eigenvalue weighted by Crippen LogP contribution is 2.20. The van der Waals surface area contributed by atoms with Gasteiger partial charge >= 0.3 is 7.12 Å². The molecule has 2 rings (SSSR count). The van der Waals surface area contributed by atoms with Crippen molar-refractivity contribution in [2.45, 2.75) is 0 Å². The summed E-state index contributed by atoms with van der Waals surface area (Å²) in [6.07, 6.45) is 0. The van der Waals surface area contributed by atoms with Gasteiger partial charge in [-0.2, -0.15) is 5.26 Å². The molecule has 3 nitrogen and oxygen atoms in total. The van der Waals surface area contributed by atoms with Crippen molar-refractivity contribution in [3.05, 3.63) is 29.1 Å². The van der Waals surface area contributed by atoms with Gasteiger partial charge in [0, 0.05) is 10.2 Å². The lowest BCUT2D eigenvalue weighted by atomic mass is 9.77. The van der Waals surface area contributed by atoms with Crippen LogP contribution in [0.1, 0.15) is 5.56 Å². The second kappa shape index (κ2) is 3.43. The minimum Gasteiger partial charge on any atom is -0.423 e. The molecule has 0 bridgehead atoms. The van der Waals surface area contributed by atoms with Crippen LogP contribution in [0.25, 0.3) is 10.1 Å². The standard InChI is InChI=1S/C9H6BNO2S/c11-5-7-3-6-1-2-14-9(6)4-8(7)10(12)13/h1-4,12-13H. The van der Waals surface area contributed by atoms with Gasteiger partial charge in [-0.05, 0) is 29.0 Å². The van der Waals surface area contributed by atoms with E-state index in [2.05, 4.69) is 0 Å². The summed E-state index contributed by atoms with van der Waals surface area (Å²) < 4.78 is 0.951. The number of rotatable bonds is 1. The third-order valence-corrected chi connectivity index (χ3v) is 2.90. The molecule has 1 aromatic carbocycles. The molecule has 1 aromatic heterocycles. The predicted molar refractivity (Wildman–Crippen MR) is 56.4 cm³/mol. The van der Waals surface area contributed by atoms with Crippen LogP contribution in [0.15, 0.2) is 23.6 Å². The Kier molecular flexibility index (Phi) is 2.26. The summed E-state index contributed by atoms with van der Waals surface area (Å²) in [4.78, 5) is 0. The molecule has 0 aliphatic carbocycles. The van der Waals surface area contributed by atoms with Crippen LogP contribution >= 0.6 is 11.3 Å². The van der Waals surface area contributed by atoms with E-state index >= 15 is 0 Å². The smallest absolute Gasteiger partial charge is 0.423 e. The summed E-state index contributed by atoms with van der Waals surface area (Å²) in [5.41, 5.74) is 0.577. The van der Waals surface area contributed by atoms with Gasteiger partial charge in [0.15, 0.2) is 0 Å². The normalized spacial score (nSPS) is 10.1. The maximum atomic E-state index is 9.04. The average Bonchev–Trinajstić information content (AvgIpc) is 2.62. The minimum absolute atomic E-state index is 0.266. The molecule has 0 radical (unpaired) electrons. The van der Waals surface area contributed by atoms with E-state index in [4.69, 9.17) is 15.3 Å². The Labute approximate surface area is 85.0 Å². The first-order chi connectivity index (χ1) is 6.72. The molecule has 0 spiro atoms. The maximum Gasteiger partial charge on any atom is 0.489 e. The average molecular weight is 203 g/mol. The Morgan fingerprint density at radius 3 is 2.79 bits per heavy atom. The van der Waals surface area contributed by atoms with Gasteiger partial charge in [0.25, 0.3) is 0 Å². The van der Waals surface area contributed by atoms with Crippen molar-refractivity contribution in [3.63, 3.8) is 0 Å². The van der Waals surface area contributed by atoms with E-state index in [1.807, 2.05) is 17.5 Å². The third-order valence-electron chi connectivity index (χ3n) is 2.02. The van der Waals surface area contributed by atoms with Crippen molar-refractivity contribution in [3.8, 4) is 6.07 Å². The Bertz CT molecular complexity index is 515. The SMILES string of the molecule is N#Cc1cc2ccsc2cc1B(O)O. The molecule has 0 aliphatic heterocycles. The van der Waals surface area contributed by atoms with Gasteiger partial charge in [-0.15, -0.1) is 11.3 Å².